The maximum absolute atomic E-state index is 12.5. The molecule has 0 aromatic carbocycles. The van der Waals surface area contributed by atoms with Crippen LogP contribution in [0.2, 0.25) is 0 Å². The highest BCUT2D eigenvalue weighted by atomic mass is 16.4. The van der Waals surface area contributed by atoms with E-state index in [1.807, 2.05) is 4.90 Å². The van der Waals surface area contributed by atoms with Gasteiger partial charge < -0.3 is 10.0 Å². The number of aliphatic carboxylic acids is 1. The van der Waals surface area contributed by atoms with Crippen molar-refractivity contribution in [1.82, 2.24) is 4.90 Å². The molecule has 0 bridgehead atoms. The van der Waals surface area contributed by atoms with Gasteiger partial charge in [0.15, 0.2) is 0 Å². The SMILES string of the molecule is O=C(O)CCC1CCCN(C(=O)C2C3CCCC32)C1. The summed E-state index contributed by atoms with van der Waals surface area (Å²) in [5.74, 6) is 1.74. The lowest BCUT2D eigenvalue weighted by Gasteiger charge is -2.33. The van der Waals surface area contributed by atoms with E-state index < -0.39 is 5.97 Å². The molecule has 2 aliphatic carbocycles. The van der Waals surface area contributed by atoms with E-state index >= 15 is 0 Å². The van der Waals surface area contributed by atoms with E-state index in [9.17, 15) is 9.59 Å². The summed E-state index contributed by atoms with van der Waals surface area (Å²) < 4.78 is 0. The summed E-state index contributed by atoms with van der Waals surface area (Å²) in [5.41, 5.74) is 0. The van der Waals surface area contributed by atoms with Gasteiger partial charge in [-0.2, -0.15) is 0 Å². The maximum atomic E-state index is 12.5. The molecule has 3 unspecified atom stereocenters. The third-order valence-electron chi connectivity index (χ3n) is 5.29. The highest BCUT2D eigenvalue weighted by Gasteiger charge is 2.57. The zero-order valence-corrected chi connectivity index (χ0v) is 11.4. The summed E-state index contributed by atoms with van der Waals surface area (Å²) in [5, 5.41) is 8.75. The van der Waals surface area contributed by atoms with Crippen molar-refractivity contribution in [2.75, 3.05) is 13.1 Å². The molecule has 0 radical (unpaired) electrons. The van der Waals surface area contributed by atoms with E-state index in [-0.39, 0.29) is 6.42 Å². The zero-order valence-electron chi connectivity index (χ0n) is 11.4. The molecular weight excluding hydrogens is 242 g/mol. The minimum atomic E-state index is -0.722. The Hall–Kier alpha value is -1.06. The van der Waals surface area contributed by atoms with Crippen LogP contribution in [0.25, 0.3) is 0 Å². The van der Waals surface area contributed by atoms with Crippen LogP contribution in [0, 0.1) is 23.7 Å². The molecule has 3 fully saturated rings. The molecule has 0 aromatic heterocycles. The second-order valence-corrected chi connectivity index (χ2v) is 6.51. The van der Waals surface area contributed by atoms with Crippen LogP contribution in [-0.2, 0) is 9.59 Å². The van der Waals surface area contributed by atoms with Crippen LogP contribution in [0.5, 0.6) is 0 Å². The summed E-state index contributed by atoms with van der Waals surface area (Å²) >= 11 is 0. The van der Waals surface area contributed by atoms with Crippen LogP contribution >= 0.6 is 0 Å². The predicted molar refractivity (Wildman–Crippen MR) is 70.5 cm³/mol. The molecule has 0 aromatic rings. The molecule has 2 saturated carbocycles. The van der Waals surface area contributed by atoms with Gasteiger partial charge in [0, 0.05) is 25.4 Å². The molecule has 1 saturated heterocycles. The molecule has 106 valence electrons. The lowest BCUT2D eigenvalue weighted by molar-refractivity contribution is -0.137. The summed E-state index contributed by atoms with van der Waals surface area (Å²) in [6.45, 7) is 1.68. The third kappa shape index (κ3) is 2.63. The van der Waals surface area contributed by atoms with Gasteiger partial charge in [0.25, 0.3) is 0 Å². The fraction of sp³-hybridized carbons (Fsp3) is 0.867. The van der Waals surface area contributed by atoms with Crippen molar-refractivity contribution in [2.24, 2.45) is 23.7 Å². The van der Waals surface area contributed by atoms with Gasteiger partial charge in [0.05, 0.1) is 0 Å². The third-order valence-corrected chi connectivity index (χ3v) is 5.29. The molecule has 3 aliphatic rings. The van der Waals surface area contributed by atoms with E-state index in [1.165, 1.54) is 19.3 Å². The Morgan fingerprint density at radius 3 is 2.53 bits per heavy atom. The Kier molecular flexibility index (Phi) is 3.50. The summed E-state index contributed by atoms with van der Waals surface area (Å²) in [7, 11) is 0. The van der Waals surface area contributed by atoms with Crippen molar-refractivity contribution in [3.05, 3.63) is 0 Å². The average molecular weight is 265 g/mol. The van der Waals surface area contributed by atoms with Gasteiger partial charge in [-0.05, 0) is 49.9 Å². The van der Waals surface area contributed by atoms with Gasteiger partial charge in [-0.1, -0.05) is 6.42 Å². The van der Waals surface area contributed by atoms with Gasteiger partial charge in [-0.15, -0.1) is 0 Å². The largest absolute Gasteiger partial charge is 0.481 e. The van der Waals surface area contributed by atoms with Gasteiger partial charge in [-0.25, -0.2) is 0 Å². The fourth-order valence-corrected chi connectivity index (χ4v) is 4.23. The topological polar surface area (TPSA) is 57.6 Å². The molecule has 1 amide bonds. The standard InChI is InChI=1S/C15H23NO3/c17-13(18)7-6-10-3-2-8-16(9-10)15(19)14-11-4-1-5-12(11)14/h10-12,14H,1-9H2,(H,17,18). The summed E-state index contributed by atoms with van der Waals surface area (Å²) in [6.07, 6.45) is 6.87. The number of carbonyl (C=O) groups excluding carboxylic acids is 1. The number of carboxylic acid groups (broad SMARTS) is 1. The fourth-order valence-electron chi connectivity index (χ4n) is 4.23. The monoisotopic (exact) mass is 265 g/mol. The van der Waals surface area contributed by atoms with Crippen LogP contribution in [-0.4, -0.2) is 35.0 Å². The Balaban J connectivity index is 1.50. The highest BCUT2D eigenvalue weighted by Crippen LogP contribution is 2.58. The molecule has 19 heavy (non-hydrogen) atoms. The van der Waals surface area contributed by atoms with Crippen LogP contribution in [0.15, 0.2) is 0 Å². The molecule has 3 atom stereocenters. The first kappa shape index (κ1) is 12.9. The highest BCUT2D eigenvalue weighted by molar-refractivity contribution is 5.82. The number of hydrogen-bond acceptors (Lipinski definition) is 2. The first-order valence-corrected chi connectivity index (χ1v) is 7.67. The first-order valence-electron chi connectivity index (χ1n) is 7.67. The van der Waals surface area contributed by atoms with Crippen molar-refractivity contribution in [2.45, 2.75) is 44.9 Å². The quantitative estimate of drug-likeness (QED) is 0.847. The maximum Gasteiger partial charge on any atom is 0.303 e. The minimum absolute atomic E-state index is 0.237. The van der Waals surface area contributed by atoms with Crippen LogP contribution in [0.1, 0.15) is 44.9 Å². The molecule has 0 spiro atoms. The number of likely N-dealkylation sites (tertiary alicyclic amines) is 1. The number of piperidine rings is 1. The van der Waals surface area contributed by atoms with E-state index in [0.29, 0.717) is 29.6 Å². The van der Waals surface area contributed by atoms with Gasteiger partial charge >= 0.3 is 5.97 Å². The van der Waals surface area contributed by atoms with Crippen molar-refractivity contribution in [1.29, 1.82) is 0 Å². The van der Waals surface area contributed by atoms with E-state index in [0.717, 1.165) is 32.4 Å². The Morgan fingerprint density at radius 1 is 1.11 bits per heavy atom. The second kappa shape index (κ2) is 5.14. The number of fused-ring (bicyclic) bond motifs is 1. The van der Waals surface area contributed by atoms with Crippen molar-refractivity contribution >= 4 is 11.9 Å². The number of carboxylic acids is 1. The Bertz CT molecular complexity index is 372. The molecule has 1 N–H and O–H groups in total. The lowest BCUT2D eigenvalue weighted by Crippen LogP contribution is -2.41. The van der Waals surface area contributed by atoms with Crippen molar-refractivity contribution in [3.63, 3.8) is 0 Å². The summed E-state index contributed by atoms with van der Waals surface area (Å²) in [6, 6.07) is 0. The van der Waals surface area contributed by atoms with E-state index in [4.69, 9.17) is 5.11 Å². The van der Waals surface area contributed by atoms with Gasteiger partial charge in [0.1, 0.15) is 0 Å². The van der Waals surface area contributed by atoms with Crippen molar-refractivity contribution < 1.29 is 14.7 Å². The number of rotatable bonds is 4. The normalized spacial score (nSPS) is 36.9. The smallest absolute Gasteiger partial charge is 0.303 e. The number of amides is 1. The Morgan fingerprint density at radius 2 is 1.84 bits per heavy atom. The second-order valence-electron chi connectivity index (χ2n) is 6.51. The first-order chi connectivity index (χ1) is 9.16. The zero-order chi connectivity index (χ0) is 13.4. The van der Waals surface area contributed by atoms with E-state index in [1.54, 1.807) is 0 Å². The molecular formula is C15H23NO3. The van der Waals surface area contributed by atoms with E-state index in [2.05, 4.69) is 0 Å². The summed E-state index contributed by atoms with van der Waals surface area (Å²) in [4.78, 5) is 25.1. The molecule has 4 nitrogen and oxygen atoms in total. The number of hydrogen-bond donors (Lipinski definition) is 1. The number of nitrogens with zero attached hydrogens (tertiary/aromatic N) is 1. The lowest BCUT2D eigenvalue weighted by atomic mass is 9.93. The number of carbonyl (C=O) groups is 2. The molecule has 4 heteroatoms. The van der Waals surface area contributed by atoms with Gasteiger partial charge in [-0.3, -0.25) is 9.59 Å². The molecule has 1 heterocycles. The Labute approximate surface area is 114 Å². The minimum Gasteiger partial charge on any atom is -0.481 e. The molecule has 1 aliphatic heterocycles. The van der Waals surface area contributed by atoms with Crippen molar-refractivity contribution in [3.8, 4) is 0 Å². The van der Waals surface area contributed by atoms with Crippen LogP contribution in [0.3, 0.4) is 0 Å². The van der Waals surface area contributed by atoms with Gasteiger partial charge in [0.2, 0.25) is 5.91 Å². The van der Waals surface area contributed by atoms with Crippen LogP contribution in [0.4, 0.5) is 0 Å². The predicted octanol–water partition coefficient (Wildman–Crippen LogP) is 2.14. The average Bonchev–Trinajstić information content (AvgIpc) is 2.88. The van der Waals surface area contributed by atoms with Crippen LogP contribution < -0.4 is 0 Å². The molecule has 3 rings (SSSR count).